The van der Waals surface area contributed by atoms with Gasteiger partial charge in [-0.3, -0.25) is 9.69 Å². The zero-order chi connectivity index (χ0) is 13.9. The first kappa shape index (κ1) is 14.3. The van der Waals surface area contributed by atoms with Crippen LogP contribution in [0.25, 0.3) is 0 Å². The second-order valence-electron chi connectivity index (χ2n) is 6.94. The molecule has 0 aromatic rings. The number of piperazine rings is 1. The number of rotatable bonds is 6. The topological polar surface area (TPSA) is 49.6 Å². The second-order valence-corrected chi connectivity index (χ2v) is 6.94. The number of unbranched alkanes of at least 4 members (excludes halogenated alkanes) is 2. The summed E-state index contributed by atoms with van der Waals surface area (Å²) in [5.41, 5.74) is 5.51. The third kappa shape index (κ3) is 3.34. The summed E-state index contributed by atoms with van der Waals surface area (Å²) in [5, 5.41) is 0. The summed E-state index contributed by atoms with van der Waals surface area (Å²) in [7, 11) is 0. The van der Waals surface area contributed by atoms with E-state index in [2.05, 4.69) is 9.80 Å². The third-order valence-corrected chi connectivity index (χ3v) is 5.46. The molecule has 20 heavy (non-hydrogen) atoms. The van der Waals surface area contributed by atoms with Gasteiger partial charge in [-0.25, -0.2) is 0 Å². The fourth-order valence-corrected chi connectivity index (χ4v) is 4.02. The van der Waals surface area contributed by atoms with Crippen molar-refractivity contribution in [1.82, 2.24) is 9.80 Å². The van der Waals surface area contributed by atoms with Crippen molar-refractivity contribution in [2.45, 2.75) is 38.5 Å². The van der Waals surface area contributed by atoms with Crippen molar-refractivity contribution in [2.24, 2.45) is 23.5 Å². The molecule has 0 bridgehead atoms. The molecule has 0 spiro atoms. The minimum Gasteiger partial charge on any atom is -0.340 e. The van der Waals surface area contributed by atoms with Gasteiger partial charge in [-0.1, -0.05) is 6.42 Å². The maximum atomic E-state index is 12.5. The smallest absolute Gasteiger partial charge is 0.225 e. The molecule has 3 fully saturated rings. The molecule has 4 heteroatoms. The van der Waals surface area contributed by atoms with Crippen molar-refractivity contribution >= 4 is 5.91 Å². The Bertz CT molecular complexity index is 329. The SMILES string of the molecule is NCCCCCN1CCN(C(=O)C2CC3CC3C2)CC1. The van der Waals surface area contributed by atoms with E-state index < -0.39 is 0 Å². The van der Waals surface area contributed by atoms with Crippen LogP contribution in [0.3, 0.4) is 0 Å². The lowest BCUT2D eigenvalue weighted by Gasteiger charge is -2.36. The first-order valence-corrected chi connectivity index (χ1v) is 8.49. The zero-order valence-corrected chi connectivity index (χ0v) is 12.6. The van der Waals surface area contributed by atoms with Crippen LogP contribution in [0.4, 0.5) is 0 Å². The molecule has 1 aliphatic heterocycles. The fourth-order valence-electron chi connectivity index (χ4n) is 4.02. The summed E-state index contributed by atoms with van der Waals surface area (Å²) in [5.74, 6) is 2.65. The molecule has 2 aliphatic carbocycles. The minimum absolute atomic E-state index is 0.370. The van der Waals surface area contributed by atoms with Crippen LogP contribution >= 0.6 is 0 Å². The molecule has 2 N–H and O–H groups in total. The van der Waals surface area contributed by atoms with Crippen LogP contribution < -0.4 is 5.73 Å². The van der Waals surface area contributed by atoms with Crippen molar-refractivity contribution in [3.8, 4) is 0 Å². The molecule has 1 saturated heterocycles. The van der Waals surface area contributed by atoms with E-state index in [0.29, 0.717) is 11.8 Å². The van der Waals surface area contributed by atoms with E-state index in [1.165, 1.54) is 38.6 Å². The average molecular weight is 279 g/mol. The first-order chi connectivity index (χ1) is 9.78. The van der Waals surface area contributed by atoms with Crippen molar-refractivity contribution in [2.75, 3.05) is 39.3 Å². The Balaban J connectivity index is 1.34. The minimum atomic E-state index is 0.370. The van der Waals surface area contributed by atoms with E-state index in [1.807, 2.05) is 0 Å². The zero-order valence-electron chi connectivity index (χ0n) is 12.6. The predicted molar refractivity (Wildman–Crippen MR) is 80.2 cm³/mol. The average Bonchev–Trinajstić information content (AvgIpc) is 3.10. The third-order valence-electron chi connectivity index (χ3n) is 5.46. The van der Waals surface area contributed by atoms with E-state index in [0.717, 1.165) is 51.0 Å². The van der Waals surface area contributed by atoms with Gasteiger partial charge in [0.25, 0.3) is 0 Å². The summed E-state index contributed by atoms with van der Waals surface area (Å²) in [6.45, 7) is 6.01. The van der Waals surface area contributed by atoms with Gasteiger partial charge in [-0.05, 0) is 57.0 Å². The molecular formula is C16H29N3O. The van der Waals surface area contributed by atoms with Crippen LogP contribution in [0.15, 0.2) is 0 Å². The van der Waals surface area contributed by atoms with E-state index in [9.17, 15) is 4.79 Å². The summed E-state index contributed by atoms with van der Waals surface area (Å²) < 4.78 is 0. The lowest BCUT2D eigenvalue weighted by molar-refractivity contribution is -0.137. The van der Waals surface area contributed by atoms with Crippen LogP contribution in [0.5, 0.6) is 0 Å². The van der Waals surface area contributed by atoms with Gasteiger partial charge in [0.2, 0.25) is 5.91 Å². The largest absolute Gasteiger partial charge is 0.340 e. The van der Waals surface area contributed by atoms with Gasteiger partial charge in [0.1, 0.15) is 0 Å². The van der Waals surface area contributed by atoms with Gasteiger partial charge in [-0.2, -0.15) is 0 Å². The van der Waals surface area contributed by atoms with Gasteiger partial charge in [0.15, 0.2) is 0 Å². The number of nitrogens with two attached hydrogens (primary N) is 1. The number of nitrogens with zero attached hydrogens (tertiary/aromatic N) is 2. The number of hydrogen-bond acceptors (Lipinski definition) is 3. The summed E-state index contributed by atoms with van der Waals surface area (Å²) in [6.07, 6.45) is 7.39. The molecule has 2 saturated carbocycles. The Labute approximate surface area is 122 Å². The van der Waals surface area contributed by atoms with Crippen molar-refractivity contribution in [1.29, 1.82) is 0 Å². The Kier molecular flexibility index (Phi) is 4.61. The fraction of sp³-hybridized carbons (Fsp3) is 0.938. The quantitative estimate of drug-likeness (QED) is 0.746. The Morgan fingerprint density at radius 1 is 0.950 bits per heavy atom. The number of carbonyl (C=O) groups excluding carboxylic acids is 1. The van der Waals surface area contributed by atoms with Gasteiger partial charge in [0, 0.05) is 32.1 Å². The van der Waals surface area contributed by atoms with Crippen LogP contribution in [-0.2, 0) is 4.79 Å². The molecule has 2 atom stereocenters. The molecular weight excluding hydrogens is 250 g/mol. The number of fused-ring (bicyclic) bond motifs is 1. The van der Waals surface area contributed by atoms with E-state index >= 15 is 0 Å². The highest BCUT2D eigenvalue weighted by molar-refractivity contribution is 5.79. The molecule has 0 aromatic carbocycles. The second kappa shape index (κ2) is 6.44. The summed E-state index contributed by atoms with van der Waals surface area (Å²) in [6, 6.07) is 0. The monoisotopic (exact) mass is 279 g/mol. The number of hydrogen-bond donors (Lipinski definition) is 1. The van der Waals surface area contributed by atoms with Crippen LogP contribution in [-0.4, -0.2) is 55.0 Å². The Hall–Kier alpha value is -0.610. The Morgan fingerprint density at radius 3 is 2.30 bits per heavy atom. The molecule has 3 aliphatic rings. The van der Waals surface area contributed by atoms with Gasteiger partial charge < -0.3 is 10.6 Å². The molecule has 114 valence electrons. The highest BCUT2D eigenvalue weighted by Gasteiger charge is 2.48. The maximum Gasteiger partial charge on any atom is 0.225 e. The molecule has 1 heterocycles. The van der Waals surface area contributed by atoms with Crippen molar-refractivity contribution in [3.63, 3.8) is 0 Å². The van der Waals surface area contributed by atoms with E-state index in [1.54, 1.807) is 0 Å². The Morgan fingerprint density at radius 2 is 1.65 bits per heavy atom. The molecule has 4 nitrogen and oxygen atoms in total. The normalized spacial score (nSPS) is 33.2. The standard InChI is InChI=1S/C16H29N3O/c17-4-2-1-3-5-18-6-8-19(9-7-18)16(20)15-11-13-10-14(13)12-15/h13-15H,1-12,17H2. The highest BCUT2D eigenvalue weighted by Crippen LogP contribution is 2.54. The number of carbonyl (C=O) groups is 1. The molecule has 2 unspecified atom stereocenters. The summed E-state index contributed by atoms with van der Waals surface area (Å²) in [4.78, 5) is 17.1. The lowest BCUT2D eigenvalue weighted by Crippen LogP contribution is -2.50. The highest BCUT2D eigenvalue weighted by atomic mass is 16.2. The number of amides is 1. The van der Waals surface area contributed by atoms with Gasteiger partial charge in [-0.15, -0.1) is 0 Å². The van der Waals surface area contributed by atoms with E-state index in [4.69, 9.17) is 5.73 Å². The van der Waals surface area contributed by atoms with Crippen LogP contribution in [0.1, 0.15) is 38.5 Å². The molecule has 3 rings (SSSR count). The molecule has 1 amide bonds. The van der Waals surface area contributed by atoms with Crippen molar-refractivity contribution < 1.29 is 4.79 Å². The van der Waals surface area contributed by atoms with Crippen molar-refractivity contribution in [3.05, 3.63) is 0 Å². The van der Waals surface area contributed by atoms with Gasteiger partial charge in [0.05, 0.1) is 0 Å². The van der Waals surface area contributed by atoms with Crippen LogP contribution in [0.2, 0.25) is 0 Å². The van der Waals surface area contributed by atoms with Gasteiger partial charge >= 0.3 is 0 Å². The maximum absolute atomic E-state index is 12.5. The predicted octanol–water partition coefficient (Wildman–Crippen LogP) is 1.31. The van der Waals surface area contributed by atoms with Crippen LogP contribution in [0, 0.1) is 17.8 Å². The summed E-state index contributed by atoms with van der Waals surface area (Å²) >= 11 is 0. The molecule has 0 aromatic heterocycles. The lowest BCUT2D eigenvalue weighted by atomic mass is 10.0. The first-order valence-electron chi connectivity index (χ1n) is 8.49. The van der Waals surface area contributed by atoms with E-state index in [-0.39, 0.29) is 0 Å². The molecule has 0 radical (unpaired) electrons.